The van der Waals surface area contributed by atoms with Crippen LogP contribution in [0.1, 0.15) is 17.7 Å². The number of hydrogen-bond acceptors (Lipinski definition) is 5. The second-order valence-corrected chi connectivity index (χ2v) is 8.35. The molecule has 2 aromatic carbocycles. The molecule has 0 unspecified atom stereocenters. The lowest BCUT2D eigenvalue weighted by molar-refractivity contribution is 0.282. The first-order chi connectivity index (χ1) is 13.9. The minimum absolute atomic E-state index is 0.819. The number of rotatable bonds is 4. The summed E-state index contributed by atoms with van der Waals surface area (Å²) in [4.78, 5) is 9.91. The smallest absolute Gasteiger partial charge is 0.145 e. The van der Waals surface area contributed by atoms with Gasteiger partial charge >= 0.3 is 0 Å². The van der Waals surface area contributed by atoms with Crippen LogP contribution in [0.25, 0.3) is 10.6 Å². The summed E-state index contributed by atoms with van der Waals surface area (Å²) in [6.07, 6.45) is 2.20. The van der Waals surface area contributed by atoms with Crippen LogP contribution in [-0.2, 0) is 13.0 Å². The van der Waals surface area contributed by atoms with E-state index in [1.54, 1.807) is 11.3 Å². The molecule has 1 aromatic heterocycles. The average molecular weight is 392 g/mol. The van der Waals surface area contributed by atoms with E-state index in [-0.39, 0.29) is 0 Å². The Morgan fingerprint density at radius 1 is 0.964 bits per heavy atom. The van der Waals surface area contributed by atoms with Crippen molar-refractivity contribution in [2.75, 3.05) is 37.7 Å². The van der Waals surface area contributed by atoms with Crippen molar-refractivity contribution >= 4 is 17.0 Å². The Bertz CT molecular complexity index is 940. The van der Waals surface area contributed by atoms with Gasteiger partial charge in [0.2, 0.25) is 0 Å². The average Bonchev–Trinajstić information content (AvgIpc) is 3.34. The quantitative estimate of drug-likeness (QED) is 0.657. The molecule has 0 bridgehead atoms. The summed E-state index contributed by atoms with van der Waals surface area (Å²) in [5, 5.41) is 3.33. The Labute approximate surface area is 170 Å². The fraction of sp³-hybridized carbons (Fsp3) is 0.348. The third-order valence-corrected chi connectivity index (χ3v) is 6.52. The molecule has 0 amide bonds. The Morgan fingerprint density at radius 3 is 2.82 bits per heavy atom. The number of ether oxygens (including phenoxy) is 1. The molecule has 0 saturated carbocycles. The van der Waals surface area contributed by atoms with Gasteiger partial charge in [0.05, 0.1) is 18.0 Å². The monoisotopic (exact) mass is 391 g/mol. The van der Waals surface area contributed by atoms with Crippen molar-refractivity contribution in [3.63, 3.8) is 0 Å². The van der Waals surface area contributed by atoms with Gasteiger partial charge in [-0.3, -0.25) is 4.90 Å². The zero-order valence-electron chi connectivity index (χ0n) is 16.0. The van der Waals surface area contributed by atoms with Gasteiger partial charge in [-0.1, -0.05) is 42.5 Å². The molecule has 5 heteroatoms. The van der Waals surface area contributed by atoms with E-state index >= 15 is 0 Å². The summed E-state index contributed by atoms with van der Waals surface area (Å²) in [5.74, 6) is 1.11. The van der Waals surface area contributed by atoms with Crippen LogP contribution in [0.3, 0.4) is 0 Å². The van der Waals surface area contributed by atoms with Gasteiger partial charge in [-0.15, -0.1) is 11.3 Å². The maximum absolute atomic E-state index is 5.93. The summed E-state index contributed by atoms with van der Waals surface area (Å²) < 4.78 is 5.93. The van der Waals surface area contributed by atoms with Crippen LogP contribution < -0.4 is 9.64 Å². The summed E-state index contributed by atoms with van der Waals surface area (Å²) in [6, 6.07) is 17.0. The maximum atomic E-state index is 5.93. The third-order valence-electron chi connectivity index (χ3n) is 5.58. The van der Waals surface area contributed by atoms with Gasteiger partial charge < -0.3 is 9.64 Å². The number of hydrogen-bond donors (Lipinski definition) is 0. The zero-order valence-corrected chi connectivity index (χ0v) is 16.8. The molecule has 0 N–H and O–H groups in total. The van der Waals surface area contributed by atoms with Crippen molar-refractivity contribution in [1.82, 2.24) is 9.88 Å². The number of thiazole rings is 1. The summed E-state index contributed by atoms with van der Waals surface area (Å²) in [6.45, 7) is 6.05. The highest BCUT2D eigenvalue weighted by atomic mass is 32.1. The van der Waals surface area contributed by atoms with E-state index < -0.39 is 0 Å². The van der Waals surface area contributed by atoms with Crippen LogP contribution in [0.2, 0.25) is 0 Å². The van der Waals surface area contributed by atoms with Gasteiger partial charge in [-0.25, -0.2) is 4.98 Å². The minimum atomic E-state index is 0.819. The van der Waals surface area contributed by atoms with Gasteiger partial charge in [0, 0.05) is 50.1 Å². The first kappa shape index (κ1) is 17.7. The predicted molar refractivity (Wildman–Crippen MR) is 115 cm³/mol. The van der Waals surface area contributed by atoms with Crippen molar-refractivity contribution < 1.29 is 4.74 Å². The highest BCUT2D eigenvalue weighted by molar-refractivity contribution is 7.13. The van der Waals surface area contributed by atoms with Gasteiger partial charge in [-0.05, 0) is 18.1 Å². The van der Waals surface area contributed by atoms with Crippen molar-refractivity contribution in [2.24, 2.45) is 0 Å². The van der Waals surface area contributed by atoms with Crippen LogP contribution in [0, 0.1) is 0 Å². The number of anilines is 1. The Balaban J connectivity index is 1.25. The standard InChI is InChI=1S/C23H25N3OS/c1-2-6-19(7-3-1)23-24-20(17-28-23)16-25-11-5-12-26(14-13-25)21-9-4-8-18-10-15-27-22(18)21/h1-4,6-9,17H,5,10-16H2. The van der Waals surface area contributed by atoms with Gasteiger partial charge in [0.1, 0.15) is 10.8 Å². The SMILES string of the molecule is c1ccc(-c2nc(CN3CCCN(c4cccc5c4OCC5)CC3)cs2)cc1. The van der Waals surface area contributed by atoms with Crippen molar-refractivity contribution in [3.05, 3.63) is 65.2 Å². The Hall–Kier alpha value is -2.37. The largest absolute Gasteiger partial charge is 0.491 e. The number of fused-ring (bicyclic) bond motifs is 1. The van der Waals surface area contributed by atoms with Crippen LogP contribution in [0.4, 0.5) is 5.69 Å². The summed E-state index contributed by atoms with van der Waals surface area (Å²) in [7, 11) is 0. The molecule has 0 aliphatic carbocycles. The lowest BCUT2D eigenvalue weighted by Gasteiger charge is -2.25. The van der Waals surface area contributed by atoms with Crippen molar-refractivity contribution in [3.8, 4) is 16.3 Å². The molecule has 0 spiro atoms. The molecule has 3 heterocycles. The van der Waals surface area contributed by atoms with E-state index in [4.69, 9.17) is 9.72 Å². The number of nitrogens with zero attached hydrogens (tertiary/aromatic N) is 3. The molecular weight excluding hydrogens is 366 g/mol. The van der Waals surface area contributed by atoms with Crippen molar-refractivity contribution in [1.29, 1.82) is 0 Å². The summed E-state index contributed by atoms with van der Waals surface area (Å²) >= 11 is 1.74. The van der Waals surface area contributed by atoms with E-state index in [0.29, 0.717) is 0 Å². The maximum Gasteiger partial charge on any atom is 0.145 e. The lowest BCUT2D eigenvalue weighted by Crippen LogP contribution is -2.30. The molecule has 3 aromatic rings. The number of aromatic nitrogens is 1. The second kappa shape index (κ2) is 7.94. The molecule has 2 aliphatic heterocycles. The van der Waals surface area contributed by atoms with E-state index in [1.807, 2.05) is 6.07 Å². The van der Waals surface area contributed by atoms with Gasteiger partial charge in [0.25, 0.3) is 0 Å². The molecule has 2 aliphatic rings. The molecule has 5 rings (SSSR count). The molecular formula is C23H25N3OS. The molecule has 0 radical (unpaired) electrons. The van der Waals surface area contributed by atoms with Crippen LogP contribution >= 0.6 is 11.3 Å². The zero-order chi connectivity index (χ0) is 18.8. The highest BCUT2D eigenvalue weighted by Gasteiger charge is 2.22. The second-order valence-electron chi connectivity index (χ2n) is 7.49. The van der Waals surface area contributed by atoms with E-state index in [1.165, 1.54) is 28.9 Å². The molecule has 0 atom stereocenters. The van der Waals surface area contributed by atoms with Gasteiger partial charge in [0.15, 0.2) is 0 Å². The fourth-order valence-corrected chi connectivity index (χ4v) is 4.96. The molecule has 1 fully saturated rings. The Morgan fingerprint density at radius 2 is 1.89 bits per heavy atom. The Kier molecular flexibility index (Phi) is 5.02. The van der Waals surface area contributed by atoms with E-state index in [9.17, 15) is 0 Å². The van der Waals surface area contributed by atoms with Gasteiger partial charge in [-0.2, -0.15) is 0 Å². The lowest BCUT2D eigenvalue weighted by atomic mass is 10.1. The van der Waals surface area contributed by atoms with Crippen LogP contribution in [0.15, 0.2) is 53.9 Å². The molecule has 4 nitrogen and oxygen atoms in total. The van der Waals surface area contributed by atoms with Crippen LogP contribution in [0.5, 0.6) is 5.75 Å². The molecule has 1 saturated heterocycles. The first-order valence-electron chi connectivity index (χ1n) is 10.1. The minimum Gasteiger partial charge on any atom is -0.491 e. The normalized spacial score (nSPS) is 17.2. The van der Waals surface area contributed by atoms with E-state index in [2.05, 4.69) is 57.6 Å². The fourth-order valence-electron chi connectivity index (χ4n) is 4.14. The van der Waals surface area contributed by atoms with Crippen LogP contribution in [-0.4, -0.2) is 42.7 Å². The highest BCUT2D eigenvalue weighted by Crippen LogP contribution is 2.36. The predicted octanol–water partition coefficient (Wildman–Crippen LogP) is 4.46. The van der Waals surface area contributed by atoms with E-state index in [0.717, 1.165) is 56.5 Å². The number of benzene rings is 2. The third kappa shape index (κ3) is 3.64. The number of para-hydroxylation sites is 1. The molecule has 144 valence electrons. The summed E-state index contributed by atoms with van der Waals surface area (Å²) in [5.41, 5.74) is 5.02. The first-order valence-corrected chi connectivity index (χ1v) is 11.0. The van der Waals surface area contributed by atoms with Crippen molar-refractivity contribution in [2.45, 2.75) is 19.4 Å². The molecule has 28 heavy (non-hydrogen) atoms. The topological polar surface area (TPSA) is 28.6 Å².